The standard InChI is InChI=1S/C25H26N4O/c1-18-5-2-3-8-23(18)20-14-21-16-26-25(28-24(21)15-20)27-22-7-4-6-19(13-22)17-29-9-11-30-12-10-29/h2-8,13,15-16H,9-12,14,17H2,1H3,(H,26,27,28). The summed E-state index contributed by atoms with van der Waals surface area (Å²) in [5, 5.41) is 3.38. The molecule has 1 aromatic heterocycles. The molecule has 5 heteroatoms. The maximum absolute atomic E-state index is 5.44. The van der Waals surface area contributed by atoms with Crippen molar-refractivity contribution in [2.45, 2.75) is 19.9 Å². The second kappa shape index (κ2) is 8.38. The highest BCUT2D eigenvalue weighted by molar-refractivity contribution is 5.88. The van der Waals surface area contributed by atoms with E-state index in [-0.39, 0.29) is 0 Å². The van der Waals surface area contributed by atoms with Gasteiger partial charge in [0.2, 0.25) is 5.95 Å². The van der Waals surface area contributed by atoms with E-state index in [2.05, 4.69) is 76.7 Å². The summed E-state index contributed by atoms with van der Waals surface area (Å²) in [6.45, 7) is 6.70. The van der Waals surface area contributed by atoms with E-state index in [1.165, 1.54) is 27.8 Å². The molecule has 5 rings (SSSR count). The van der Waals surface area contributed by atoms with E-state index in [4.69, 9.17) is 9.72 Å². The minimum Gasteiger partial charge on any atom is -0.379 e. The Kier molecular flexibility index (Phi) is 5.30. The molecule has 30 heavy (non-hydrogen) atoms. The Labute approximate surface area is 177 Å². The van der Waals surface area contributed by atoms with E-state index in [9.17, 15) is 0 Å². The van der Waals surface area contributed by atoms with Crippen LogP contribution < -0.4 is 5.32 Å². The van der Waals surface area contributed by atoms with Gasteiger partial charge in [-0.25, -0.2) is 9.97 Å². The van der Waals surface area contributed by atoms with Crippen molar-refractivity contribution < 1.29 is 4.74 Å². The summed E-state index contributed by atoms with van der Waals surface area (Å²) in [6, 6.07) is 17.0. The fourth-order valence-electron chi connectivity index (χ4n) is 4.16. The van der Waals surface area contributed by atoms with Crippen LogP contribution in [-0.4, -0.2) is 41.2 Å². The minimum absolute atomic E-state index is 0.638. The van der Waals surface area contributed by atoms with Crippen molar-refractivity contribution in [2.24, 2.45) is 0 Å². The van der Waals surface area contributed by atoms with Crippen LogP contribution in [0, 0.1) is 6.92 Å². The quantitative estimate of drug-likeness (QED) is 0.688. The number of anilines is 2. The molecule has 2 heterocycles. The van der Waals surface area contributed by atoms with Gasteiger partial charge in [0.15, 0.2) is 0 Å². The highest BCUT2D eigenvalue weighted by Gasteiger charge is 2.18. The average molecular weight is 399 g/mol. The highest BCUT2D eigenvalue weighted by Crippen LogP contribution is 2.32. The number of benzene rings is 2. The summed E-state index contributed by atoms with van der Waals surface area (Å²) < 4.78 is 5.44. The number of allylic oxidation sites excluding steroid dienone is 1. The maximum atomic E-state index is 5.44. The van der Waals surface area contributed by atoms with Crippen LogP contribution in [0.5, 0.6) is 0 Å². The van der Waals surface area contributed by atoms with Gasteiger partial charge < -0.3 is 10.1 Å². The van der Waals surface area contributed by atoms with Crippen molar-refractivity contribution in [3.63, 3.8) is 0 Å². The second-order valence-electron chi connectivity index (χ2n) is 7.98. The molecule has 0 atom stereocenters. The molecule has 1 aliphatic heterocycles. The first-order chi connectivity index (χ1) is 14.7. The molecule has 1 saturated heterocycles. The Morgan fingerprint density at radius 2 is 1.93 bits per heavy atom. The van der Waals surface area contributed by atoms with Gasteiger partial charge >= 0.3 is 0 Å². The van der Waals surface area contributed by atoms with Crippen molar-refractivity contribution in [1.29, 1.82) is 0 Å². The fraction of sp³-hybridized carbons (Fsp3) is 0.280. The molecule has 152 valence electrons. The van der Waals surface area contributed by atoms with Crippen LogP contribution in [0.15, 0.2) is 54.7 Å². The van der Waals surface area contributed by atoms with Gasteiger partial charge in [0.1, 0.15) is 0 Å². The van der Waals surface area contributed by atoms with E-state index >= 15 is 0 Å². The van der Waals surface area contributed by atoms with Gasteiger partial charge in [0.05, 0.1) is 18.9 Å². The van der Waals surface area contributed by atoms with E-state index in [1.54, 1.807) is 0 Å². The largest absolute Gasteiger partial charge is 0.379 e. The fourth-order valence-corrected chi connectivity index (χ4v) is 4.16. The molecule has 0 unspecified atom stereocenters. The predicted molar refractivity (Wildman–Crippen MR) is 121 cm³/mol. The van der Waals surface area contributed by atoms with E-state index in [0.29, 0.717) is 5.95 Å². The molecule has 2 aromatic carbocycles. The maximum Gasteiger partial charge on any atom is 0.227 e. The normalized spacial score (nSPS) is 16.2. The Morgan fingerprint density at radius 3 is 2.80 bits per heavy atom. The average Bonchev–Trinajstić information content (AvgIpc) is 3.18. The number of ether oxygens (including phenoxy) is 1. The highest BCUT2D eigenvalue weighted by atomic mass is 16.5. The van der Waals surface area contributed by atoms with E-state index in [0.717, 1.165) is 50.7 Å². The van der Waals surface area contributed by atoms with Gasteiger partial charge in [0, 0.05) is 43.5 Å². The lowest BCUT2D eigenvalue weighted by molar-refractivity contribution is 0.0342. The van der Waals surface area contributed by atoms with Gasteiger partial charge in [-0.3, -0.25) is 4.90 Å². The first-order valence-electron chi connectivity index (χ1n) is 10.5. The van der Waals surface area contributed by atoms with E-state index < -0.39 is 0 Å². The van der Waals surface area contributed by atoms with Crippen molar-refractivity contribution in [3.8, 4) is 0 Å². The van der Waals surface area contributed by atoms with Gasteiger partial charge in [-0.2, -0.15) is 0 Å². The van der Waals surface area contributed by atoms with Gasteiger partial charge in [-0.1, -0.05) is 36.4 Å². The third-order valence-electron chi connectivity index (χ3n) is 5.77. The molecule has 0 amide bonds. The number of morpholine rings is 1. The van der Waals surface area contributed by atoms with Crippen molar-refractivity contribution in [2.75, 3.05) is 31.6 Å². The van der Waals surface area contributed by atoms with Crippen molar-refractivity contribution in [3.05, 3.63) is 82.7 Å². The number of hydrogen-bond acceptors (Lipinski definition) is 5. The van der Waals surface area contributed by atoms with Crippen LogP contribution in [0.2, 0.25) is 0 Å². The third kappa shape index (κ3) is 4.13. The van der Waals surface area contributed by atoms with Crippen LogP contribution >= 0.6 is 0 Å². The number of aromatic nitrogens is 2. The topological polar surface area (TPSA) is 50.3 Å². The van der Waals surface area contributed by atoms with Gasteiger partial charge in [0.25, 0.3) is 0 Å². The first-order valence-corrected chi connectivity index (χ1v) is 10.5. The molecule has 0 radical (unpaired) electrons. The molecule has 1 aliphatic carbocycles. The Bertz CT molecular complexity index is 1090. The first kappa shape index (κ1) is 19.0. The molecule has 1 fully saturated rings. The van der Waals surface area contributed by atoms with Crippen molar-refractivity contribution >= 4 is 23.3 Å². The summed E-state index contributed by atoms with van der Waals surface area (Å²) in [7, 11) is 0. The summed E-state index contributed by atoms with van der Waals surface area (Å²) >= 11 is 0. The number of hydrogen-bond donors (Lipinski definition) is 1. The zero-order chi connectivity index (χ0) is 20.3. The Morgan fingerprint density at radius 1 is 1.07 bits per heavy atom. The second-order valence-corrected chi connectivity index (χ2v) is 7.98. The number of nitrogens with zero attached hydrogens (tertiary/aromatic N) is 3. The number of rotatable bonds is 5. The Balaban J connectivity index is 1.32. The summed E-state index contributed by atoms with van der Waals surface area (Å²) in [6.07, 6.45) is 5.03. The summed E-state index contributed by atoms with van der Waals surface area (Å²) in [4.78, 5) is 11.8. The monoisotopic (exact) mass is 398 g/mol. The lowest BCUT2D eigenvalue weighted by Crippen LogP contribution is -2.35. The molecule has 0 spiro atoms. The van der Waals surface area contributed by atoms with Gasteiger partial charge in [-0.05, 0) is 47.4 Å². The van der Waals surface area contributed by atoms with Crippen LogP contribution in [0.4, 0.5) is 11.6 Å². The zero-order valence-corrected chi connectivity index (χ0v) is 17.3. The van der Waals surface area contributed by atoms with E-state index in [1.807, 2.05) is 6.20 Å². The van der Waals surface area contributed by atoms with Crippen LogP contribution in [0.3, 0.4) is 0 Å². The van der Waals surface area contributed by atoms with Crippen LogP contribution in [0.1, 0.15) is 27.9 Å². The third-order valence-corrected chi connectivity index (χ3v) is 5.77. The minimum atomic E-state index is 0.638. The molecule has 0 bridgehead atoms. The molecule has 3 aromatic rings. The molecule has 2 aliphatic rings. The summed E-state index contributed by atoms with van der Waals surface area (Å²) in [5.41, 5.74) is 8.38. The number of nitrogens with one attached hydrogen (secondary N) is 1. The zero-order valence-electron chi connectivity index (χ0n) is 17.3. The lowest BCUT2D eigenvalue weighted by atomic mass is 9.99. The van der Waals surface area contributed by atoms with Crippen LogP contribution in [-0.2, 0) is 17.7 Å². The number of fused-ring (bicyclic) bond motifs is 1. The van der Waals surface area contributed by atoms with Crippen LogP contribution in [0.25, 0.3) is 11.6 Å². The molecule has 0 saturated carbocycles. The number of aryl methyl sites for hydroxylation is 1. The molecule has 5 nitrogen and oxygen atoms in total. The lowest BCUT2D eigenvalue weighted by Gasteiger charge is -2.26. The molecular weight excluding hydrogens is 372 g/mol. The smallest absolute Gasteiger partial charge is 0.227 e. The molecule has 1 N–H and O–H groups in total. The Hall–Kier alpha value is -3.02. The van der Waals surface area contributed by atoms with Crippen molar-refractivity contribution in [1.82, 2.24) is 14.9 Å². The predicted octanol–water partition coefficient (Wildman–Crippen LogP) is 4.46. The molecular formula is C25H26N4O. The van der Waals surface area contributed by atoms with Gasteiger partial charge in [-0.15, -0.1) is 0 Å². The summed E-state index contributed by atoms with van der Waals surface area (Å²) in [5.74, 6) is 0.638. The SMILES string of the molecule is Cc1ccccc1C1=Cc2nc(Nc3cccc(CN4CCOCC4)c3)ncc2C1.